The second-order valence-corrected chi connectivity index (χ2v) is 11.5. The number of benzene rings is 1. The molecule has 0 bridgehead atoms. The second kappa shape index (κ2) is 13.4. The first-order valence-corrected chi connectivity index (χ1v) is 13.4. The molecule has 2 N–H and O–H groups in total. The standard InChI is InChI=1S/C29H33Cl2FN4O4/c1-29(2,3)24(15-25(37)38)35-28(39)22-10-8-19(27-21(31)14-18(32)16-33-27)26(34-22)17-7-9-20(30)23(13-17)40-12-6-11-36(4)5/h7-10,13-14,16,24H,6,11-12,15H2,1-5H3,(H,35,39)(H,37,38)/t24-/m0/s1. The van der Waals surface area contributed by atoms with Gasteiger partial charge in [0.15, 0.2) is 0 Å². The smallest absolute Gasteiger partial charge is 0.305 e. The third-order valence-electron chi connectivity index (χ3n) is 6.13. The number of carboxylic acid groups (broad SMARTS) is 1. The van der Waals surface area contributed by atoms with E-state index in [-0.39, 0.29) is 22.8 Å². The van der Waals surface area contributed by atoms with Crippen molar-refractivity contribution in [2.75, 3.05) is 27.2 Å². The lowest BCUT2D eigenvalue weighted by molar-refractivity contribution is -0.138. The molecule has 40 heavy (non-hydrogen) atoms. The summed E-state index contributed by atoms with van der Waals surface area (Å²) < 4.78 is 19.7. The van der Waals surface area contributed by atoms with Crippen LogP contribution in [0.3, 0.4) is 0 Å². The Morgan fingerprint density at radius 1 is 1.10 bits per heavy atom. The summed E-state index contributed by atoms with van der Waals surface area (Å²) in [5.41, 5.74) is 1.18. The Hall–Kier alpha value is -3.27. The van der Waals surface area contributed by atoms with Crippen molar-refractivity contribution >= 4 is 35.1 Å². The maximum absolute atomic E-state index is 13.8. The number of hydrogen-bond acceptors (Lipinski definition) is 6. The van der Waals surface area contributed by atoms with E-state index in [1.165, 1.54) is 6.07 Å². The molecule has 0 saturated heterocycles. The number of aromatic nitrogens is 2. The second-order valence-electron chi connectivity index (χ2n) is 10.7. The molecule has 2 heterocycles. The van der Waals surface area contributed by atoms with Gasteiger partial charge in [-0.2, -0.15) is 0 Å². The highest BCUT2D eigenvalue weighted by molar-refractivity contribution is 6.33. The summed E-state index contributed by atoms with van der Waals surface area (Å²) in [7, 11) is 3.95. The van der Waals surface area contributed by atoms with E-state index < -0.39 is 29.2 Å². The van der Waals surface area contributed by atoms with Crippen molar-refractivity contribution in [2.45, 2.75) is 39.7 Å². The van der Waals surface area contributed by atoms with E-state index in [4.69, 9.17) is 27.9 Å². The summed E-state index contributed by atoms with van der Waals surface area (Å²) in [6.07, 6.45) is 1.58. The number of hydrogen-bond donors (Lipinski definition) is 2. The van der Waals surface area contributed by atoms with Crippen LogP contribution < -0.4 is 10.1 Å². The highest BCUT2D eigenvalue weighted by Crippen LogP contribution is 2.37. The zero-order valence-electron chi connectivity index (χ0n) is 23.1. The van der Waals surface area contributed by atoms with Crippen molar-refractivity contribution in [1.29, 1.82) is 0 Å². The number of amides is 1. The molecule has 0 aliphatic rings. The molecule has 214 valence electrons. The maximum Gasteiger partial charge on any atom is 0.305 e. The van der Waals surface area contributed by atoms with Crippen LogP contribution in [-0.4, -0.2) is 65.1 Å². The fourth-order valence-corrected chi connectivity index (χ4v) is 4.34. The van der Waals surface area contributed by atoms with Crippen LogP contribution in [0.5, 0.6) is 5.75 Å². The number of carbonyl (C=O) groups excluding carboxylic acids is 1. The normalized spacial score (nSPS) is 12.3. The minimum atomic E-state index is -1.03. The molecule has 0 aliphatic carbocycles. The topological polar surface area (TPSA) is 105 Å². The third-order valence-corrected chi connectivity index (χ3v) is 6.73. The molecule has 1 amide bonds. The molecule has 0 fully saturated rings. The molecule has 0 unspecified atom stereocenters. The lowest BCUT2D eigenvalue weighted by atomic mass is 9.84. The molecule has 0 aliphatic heterocycles. The average Bonchev–Trinajstić information content (AvgIpc) is 2.86. The van der Waals surface area contributed by atoms with Gasteiger partial charge in [-0.25, -0.2) is 9.37 Å². The van der Waals surface area contributed by atoms with E-state index in [1.54, 1.807) is 24.3 Å². The van der Waals surface area contributed by atoms with Crippen molar-refractivity contribution < 1.29 is 23.8 Å². The fourth-order valence-electron chi connectivity index (χ4n) is 3.91. The van der Waals surface area contributed by atoms with Gasteiger partial charge < -0.3 is 20.1 Å². The lowest BCUT2D eigenvalue weighted by Crippen LogP contribution is -2.45. The first-order valence-electron chi connectivity index (χ1n) is 12.7. The van der Waals surface area contributed by atoms with Crippen molar-refractivity contribution in [3.05, 3.63) is 64.2 Å². The van der Waals surface area contributed by atoms with Crippen LogP contribution in [0, 0.1) is 11.2 Å². The Labute approximate surface area is 243 Å². The summed E-state index contributed by atoms with van der Waals surface area (Å²) in [4.78, 5) is 35.5. The fraction of sp³-hybridized carbons (Fsp3) is 0.379. The molecule has 1 aromatic carbocycles. The van der Waals surface area contributed by atoms with Crippen LogP contribution >= 0.6 is 23.2 Å². The number of aliphatic carboxylic acids is 1. The summed E-state index contributed by atoms with van der Waals surface area (Å²) in [6, 6.07) is 8.72. The first-order chi connectivity index (χ1) is 18.8. The number of ether oxygens (including phenoxy) is 1. The Morgan fingerprint density at radius 2 is 1.82 bits per heavy atom. The number of pyridine rings is 2. The molecule has 0 radical (unpaired) electrons. The van der Waals surface area contributed by atoms with Gasteiger partial charge in [-0.1, -0.05) is 50.0 Å². The zero-order chi connectivity index (χ0) is 29.6. The van der Waals surface area contributed by atoms with Crippen LogP contribution in [0.15, 0.2) is 42.6 Å². The van der Waals surface area contributed by atoms with Gasteiger partial charge in [0.25, 0.3) is 5.91 Å². The lowest BCUT2D eigenvalue weighted by Gasteiger charge is -2.30. The summed E-state index contributed by atoms with van der Waals surface area (Å²) >= 11 is 12.7. The molecule has 2 aromatic heterocycles. The van der Waals surface area contributed by atoms with Crippen molar-refractivity contribution in [3.8, 4) is 28.3 Å². The Balaban J connectivity index is 2.07. The van der Waals surface area contributed by atoms with E-state index in [0.29, 0.717) is 34.2 Å². The Bertz CT molecular complexity index is 1380. The molecule has 0 spiro atoms. The number of halogens is 3. The van der Waals surface area contributed by atoms with Gasteiger partial charge in [0, 0.05) is 23.7 Å². The SMILES string of the molecule is CN(C)CCCOc1cc(-c2nc(C(=O)N[C@@H](CC(=O)O)C(C)(C)C)ccc2-c2ncc(F)cc2Cl)ccc1Cl. The summed E-state index contributed by atoms with van der Waals surface area (Å²) in [5.74, 6) is -1.72. The average molecular weight is 592 g/mol. The highest BCUT2D eigenvalue weighted by atomic mass is 35.5. The van der Waals surface area contributed by atoms with E-state index in [9.17, 15) is 19.1 Å². The number of nitrogens with zero attached hydrogens (tertiary/aromatic N) is 3. The van der Waals surface area contributed by atoms with Crippen LogP contribution in [0.4, 0.5) is 4.39 Å². The number of rotatable bonds is 11. The van der Waals surface area contributed by atoms with E-state index in [0.717, 1.165) is 25.2 Å². The predicted molar refractivity (Wildman–Crippen MR) is 155 cm³/mol. The van der Waals surface area contributed by atoms with Gasteiger partial charge in [0.1, 0.15) is 17.3 Å². The highest BCUT2D eigenvalue weighted by Gasteiger charge is 2.29. The van der Waals surface area contributed by atoms with E-state index in [1.807, 2.05) is 39.8 Å². The number of nitrogens with one attached hydrogen (secondary N) is 1. The van der Waals surface area contributed by atoms with Crippen LogP contribution in [-0.2, 0) is 4.79 Å². The van der Waals surface area contributed by atoms with E-state index >= 15 is 0 Å². The number of carbonyl (C=O) groups is 2. The Kier molecular flexibility index (Phi) is 10.5. The van der Waals surface area contributed by atoms with Crippen LogP contribution in [0.2, 0.25) is 10.0 Å². The molecule has 3 aromatic rings. The molecule has 3 rings (SSSR count). The largest absolute Gasteiger partial charge is 0.492 e. The minimum absolute atomic E-state index is 0.0556. The van der Waals surface area contributed by atoms with Crippen LogP contribution in [0.25, 0.3) is 22.5 Å². The van der Waals surface area contributed by atoms with Crippen molar-refractivity contribution in [2.24, 2.45) is 5.41 Å². The van der Waals surface area contributed by atoms with Gasteiger partial charge in [0.05, 0.1) is 40.7 Å². The first kappa shape index (κ1) is 31.3. The molecule has 1 atom stereocenters. The van der Waals surface area contributed by atoms with Crippen molar-refractivity contribution in [1.82, 2.24) is 20.2 Å². The molecular weight excluding hydrogens is 558 g/mol. The van der Waals surface area contributed by atoms with E-state index in [2.05, 4.69) is 15.3 Å². The minimum Gasteiger partial charge on any atom is -0.492 e. The van der Waals surface area contributed by atoms with Crippen LogP contribution in [0.1, 0.15) is 44.1 Å². The molecular formula is C29H33Cl2FN4O4. The van der Waals surface area contributed by atoms with Gasteiger partial charge in [0.2, 0.25) is 0 Å². The summed E-state index contributed by atoms with van der Waals surface area (Å²) in [6.45, 7) is 6.82. The maximum atomic E-state index is 13.8. The van der Waals surface area contributed by atoms with Crippen molar-refractivity contribution in [3.63, 3.8) is 0 Å². The quantitative estimate of drug-likeness (QED) is 0.256. The number of carboxylic acids is 1. The molecule has 0 saturated carbocycles. The third kappa shape index (κ3) is 8.36. The molecule has 11 heteroatoms. The monoisotopic (exact) mass is 590 g/mol. The Morgan fingerprint density at radius 3 is 2.45 bits per heavy atom. The van der Waals surface area contributed by atoms with Gasteiger partial charge in [-0.15, -0.1) is 0 Å². The van der Waals surface area contributed by atoms with Gasteiger partial charge >= 0.3 is 5.97 Å². The molecule has 8 nitrogen and oxygen atoms in total. The zero-order valence-corrected chi connectivity index (χ0v) is 24.6. The summed E-state index contributed by atoms with van der Waals surface area (Å²) in [5, 5.41) is 12.6. The predicted octanol–water partition coefficient (Wildman–Crippen LogP) is 6.21. The van der Waals surface area contributed by atoms with Gasteiger partial charge in [-0.3, -0.25) is 14.6 Å². The van der Waals surface area contributed by atoms with Gasteiger partial charge in [-0.05, 0) is 56.3 Å².